The minimum absolute atomic E-state index is 0.0615. The lowest BCUT2D eigenvalue weighted by Gasteiger charge is -2.17. The number of nitrogens with zero attached hydrogens (tertiary/aromatic N) is 1. The number of hydrazine groups is 1. The number of aromatic nitrogens is 1. The second kappa shape index (κ2) is 6.52. The van der Waals surface area contributed by atoms with Gasteiger partial charge in [0.05, 0.1) is 0 Å². The molecule has 0 fully saturated rings. The molecule has 0 spiro atoms. The van der Waals surface area contributed by atoms with Gasteiger partial charge in [-0.3, -0.25) is 11.3 Å². The molecular formula is C14H17ClN4. The van der Waals surface area contributed by atoms with Crippen LogP contribution in [0.3, 0.4) is 0 Å². The molecule has 5 N–H and O–H groups in total. The van der Waals surface area contributed by atoms with E-state index in [2.05, 4.69) is 10.4 Å². The Morgan fingerprint density at radius 2 is 1.79 bits per heavy atom. The Bertz CT molecular complexity index is 497. The average Bonchev–Trinajstić information content (AvgIpc) is 2.42. The van der Waals surface area contributed by atoms with E-state index in [0.29, 0.717) is 12.2 Å². The molecule has 1 unspecified atom stereocenters. The van der Waals surface area contributed by atoms with Crippen LogP contribution in [0.4, 0.5) is 5.82 Å². The summed E-state index contributed by atoms with van der Waals surface area (Å²) in [6, 6.07) is 11.6. The van der Waals surface area contributed by atoms with Gasteiger partial charge in [-0.05, 0) is 36.1 Å². The SMILES string of the molecule is NNC(Cc1ccccc1Cl)Cc1cccnc1N. The number of nitrogens with two attached hydrogens (primary N) is 2. The first-order valence-electron chi connectivity index (χ1n) is 6.09. The van der Waals surface area contributed by atoms with E-state index in [1.165, 1.54) is 0 Å². The van der Waals surface area contributed by atoms with Crippen LogP contribution in [-0.4, -0.2) is 11.0 Å². The normalized spacial score (nSPS) is 12.3. The monoisotopic (exact) mass is 276 g/mol. The van der Waals surface area contributed by atoms with Gasteiger partial charge in [-0.15, -0.1) is 0 Å². The molecule has 5 heteroatoms. The quantitative estimate of drug-likeness (QED) is 0.576. The summed E-state index contributed by atoms with van der Waals surface area (Å²) < 4.78 is 0. The number of nitrogens with one attached hydrogen (secondary N) is 1. The summed E-state index contributed by atoms with van der Waals surface area (Å²) in [5, 5.41) is 0.752. The van der Waals surface area contributed by atoms with Crippen molar-refractivity contribution in [2.24, 2.45) is 5.84 Å². The van der Waals surface area contributed by atoms with Crippen molar-refractivity contribution in [1.29, 1.82) is 0 Å². The van der Waals surface area contributed by atoms with E-state index in [1.807, 2.05) is 36.4 Å². The lowest BCUT2D eigenvalue weighted by molar-refractivity contribution is 0.522. The Labute approximate surface area is 117 Å². The molecule has 0 saturated carbocycles. The number of benzene rings is 1. The van der Waals surface area contributed by atoms with Gasteiger partial charge >= 0.3 is 0 Å². The van der Waals surface area contributed by atoms with Crippen LogP contribution < -0.4 is 17.0 Å². The summed E-state index contributed by atoms with van der Waals surface area (Å²) in [5.74, 6) is 6.16. The van der Waals surface area contributed by atoms with Gasteiger partial charge in [-0.25, -0.2) is 4.98 Å². The van der Waals surface area contributed by atoms with E-state index < -0.39 is 0 Å². The zero-order valence-electron chi connectivity index (χ0n) is 10.5. The molecule has 0 bridgehead atoms. The Kier molecular flexibility index (Phi) is 4.74. The van der Waals surface area contributed by atoms with Crippen LogP contribution in [0, 0.1) is 0 Å². The van der Waals surface area contributed by atoms with Gasteiger partial charge in [0.25, 0.3) is 0 Å². The fourth-order valence-corrected chi connectivity index (χ4v) is 2.22. The molecule has 100 valence electrons. The van der Waals surface area contributed by atoms with Gasteiger partial charge in [0.2, 0.25) is 0 Å². The van der Waals surface area contributed by atoms with E-state index >= 15 is 0 Å². The van der Waals surface area contributed by atoms with Crippen LogP contribution in [-0.2, 0) is 12.8 Å². The number of anilines is 1. The number of rotatable bonds is 5. The van der Waals surface area contributed by atoms with Gasteiger partial charge in [0, 0.05) is 17.3 Å². The first-order valence-corrected chi connectivity index (χ1v) is 6.47. The highest BCUT2D eigenvalue weighted by Gasteiger charge is 2.12. The third kappa shape index (κ3) is 3.67. The zero-order valence-corrected chi connectivity index (χ0v) is 11.3. The Morgan fingerprint density at radius 3 is 2.47 bits per heavy atom. The van der Waals surface area contributed by atoms with E-state index in [0.717, 1.165) is 22.6 Å². The summed E-state index contributed by atoms with van der Waals surface area (Å²) in [4.78, 5) is 4.07. The first kappa shape index (κ1) is 13.8. The van der Waals surface area contributed by atoms with E-state index in [9.17, 15) is 0 Å². The Hall–Kier alpha value is -1.62. The lowest BCUT2D eigenvalue weighted by atomic mass is 10.00. The molecule has 19 heavy (non-hydrogen) atoms. The maximum Gasteiger partial charge on any atom is 0.126 e. The first-order chi connectivity index (χ1) is 9.20. The molecule has 0 amide bonds. The molecule has 0 saturated heterocycles. The van der Waals surface area contributed by atoms with Gasteiger partial charge < -0.3 is 5.73 Å². The lowest BCUT2D eigenvalue weighted by Crippen LogP contribution is -2.38. The van der Waals surface area contributed by atoms with E-state index in [1.54, 1.807) is 6.20 Å². The van der Waals surface area contributed by atoms with Crippen LogP contribution in [0.2, 0.25) is 5.02 Å². The van der Waals surface area contributed by atoms with E-state index in [-0.39, 0.29) is 6.04 Å². The van der Waals surface area contributed by atoms with Gasteiger partial charge in [-0.1, -0.05) is 35.9 Å². The predicted molar refractivity (Wildman–Crippen MR) is 78.6 cm³/mol. The van der Waals surface area contributed by atoms with Gasteiger partial charge in [0.15, 0.2) is 0 Å². The summed E-state index contributed by atoms with van der Waals surface area (Å²) in [5.41, 5.74) is 10.7. The number of hydrogen-bond donors (Lipinski definition) is 3. The Balaban J connectivity index is 2.09. The van der Waals surface area contributed by atoms with Gasteiger partial charge in [-0.2, -0.15) is 0 Å². The molecule has 1 aromatic heterocycles. The number of hydrogen-bond acceptors (Lipinski definition) is 4. The van der Waals surface area contributed by atoms with Crippen molar-refractivity contribution < 1.29 is 0 Å². The standard InChI is InChI=1S/C14H17ClN4/c15-13-6-2-1-4-10(13)8-12(19-17)9-11-5-3-7-18-14(11)16/h1-7,12,19H,8-9,17H2,(H2,16,18). The second-order valence-electron chi connectivity index (χ2n) is 4.41. The third-order valence-corrected chi connectivity index (χ3v) is 3.42. The van der Waals surface area contributed by atoms with Crippen molar-refractivity contribution in [2.45, 2.75) is 18.9 Å². The maximum atomic E-state index is 6.15. The van der Waals surface area contributed by atoms with Crippen molar-refractivity contribution in [1.82, 2.24) is 10.4 Å². The van der Waals surface area contributed by atoms with Crippen molar-refractivity contribution in [3.8, 4) is 0 Å². The van der Waals surface area contributed by atoms with Crippen molar-refractivity contribution >= 4 is 17.4 Å². The molecule has 0 aliphatic heterocycles. The molecule has 0 aliphatic carbocycles. The second-order valence-corrected chi connectivity index (χ2v) is 4.82. The van der Waals surface area contributed by atoms with Crippen LogP contribution in [0.15, 0.2) is 42.6 Å². The minimum atomic E-state index is 0.0615. The number of halogens is 1. The topological polar surface area (TPSA) is 77.0 Å². The highest BCUT2D eigenvalue weighted by atomic mass is 35.5. The molecule has 1 heterocycles. The highest BCUT2D eigenvalue weighted by Crippen LogP contribution is 2.18. The summed E-state index contributed by atoms with van der Waals surface area (Å²) in [7, 11) is 0. The van der Waals surface area contributed by atoms with Crippen LogP contribution in [0.1, 0.15) is 11.1 Å². The number of pyridine rings is 1. The number of nitrogen functional groups attached to an aromatic ring is 1. The predicted octanol–water partition coefficient (Wildman–Crippen LogP) is 1.93. The largest absolute Gasteiger partial charge is 0.383 e. The van der Waals surface area contributed by atoms with Crippen molar-refractivity contribution in [2.75, 3.05) is 5.73 Å². The van der Waals surface area contributed by atoms with Crippen LogP contribution >= 0.6 is 11.6 Å². The fourth-order valence-electron chi connectivity index (χ4n) is 2.01. The molecule has 0 aliphatic rings. The zero-order chi connectivity index (χ0) is 13.7. The molecule has 4 nitrogen and oxygen atoms in total. The summed E-state index contributed by atoms with van der Waals surface area (Å²) >= 11 is 6.15. The molecule has 2 rings (SSSR count). The molecular weight excluding hydrogens is 260 g/mol. The van der Waals surface area contributed by atoms with Crippen LogP contribution in [0.5, 0.6) is 0 Å². The van der Waals surface area contributed by atoms with Crippen LogP contribution in [0.25, 0.3) is 0 Å². The van der Waals surface area contributed by atoms with Crippen molar-refractivity contribution in [3.05, 3.63) is 58.7 Å². The maximum absolute atomic E-state index is 6.15. The molecule has 0 radical (unpaired) electrons. The smallest absolute Gasteiger partial charge is 0.126 e. The molecule has 2 aromatic rings. The fraction of sp³-hybridized carbons (Fsp3) is 0.214. The Morgan fingerprint density at radius 1 is 1.11 bits per heavy atom. The summed E-state index contributed by atoms with van der Waals surface area (Å²) in [6.07, 6.45) is 3.13. The highest BCUT2D eigenvalue weighted by molar-refractivity contribution is 6.31. The van der Waals surface area contributed by atoms with Gasteiger partial charge in [0.1, 0.15) is 5.82 Å². The summed E-state index contributed by atoms with van der Waals surface area (Å²) in [6.45, 7) is 0. The van der Waals surface area contributed by atoms with E-state index in [4.69, 9.17) is 23.2 Å². The third-order valence-electron chi connectivity index (χ3n) is 3.05. The van der Waals surface area contributed by atoms with Crippen molar-refractivity contribution in [3.63, 3.8) is 0 Å². The average molecular weight is 277 g/mol. The molecule has 1 aromatic carbocycles. The molecule has 1 atom stereocenters. The minimum Gasteiger partial charge on any atom is -0.383 e.